The molecule has 5 rings (SSSR count). The van der Waals surface area contributed by atoms with Gasteiger partial charge in [0.25, 0.3) is 5.91 Å². The first-order chi connectivity index (χ1) is 15.0. The van der Waals surface area contributed by atoms with Crippen molar-refractivity contribution in [2.45, 2.75) is 43.9 Å². The number of halogens is 2. The highest BCUT2D eigenvalue weighted by atomic mass is 35.5. The third-order valence-corrected chi connectivity index (χ3v) is 6.37. The molecule has 0 radical (unpaired) electrons. The monoisotopic (exact) mass is 443 g/mol. The van der Waals surface area contributed by atoms with Gasteiger partial charge in [0.2, 0.25) is 0 Å². The SMILES string of the molecule is NC1=C(c2ncc(Cl)cn2)CN(C(=O)c2ccc(F)cc2OC2C[C@H]3CC[C@@H](C2)N3)C1. The molecule has 1 unspecified atom stereocenters. The van der Waals surface area contributed by atoms with Crippen molar-refractivity contribution in [3.63, 3.8) is 0 Å². The summed E-state index contributed by atoms with van der Waals surface area (Å²) in [5.41, 5.74) is 7.72. The molecular formula is C22H23ClFN5O2. The number of piperidine rings is 1. The molecule has 3 aliphatic rings. The van der Waals surface area contributed by atoms with Crippen LogP contribution in [0.25, 0.3) is 5.57 Å². The lowest BCUT2D eigenvalue weighted by atomic mass is 10.0. The van der Waals surface area contributed by atoms with Gasteiger partial charge in [0.05, 0.1) is 23.7 Å². The lowest BCUT2D eigenvalue weighted by Crippen LogP contribution is -2.42. The van der Waals surface area contributed by atoms with Gasteiger partial charge in [-0.3, -0.25) is 4.79 Å². The van der Waals surface area contributed by atoms with Crippen molar-refractivity contribution in [3.8, 4) is 5.75 Å². The molecule has 1 amide bonds. The first-order valence-electron chi connectivity index (χ1n) is 10.4. The van der Waals surface area contributed by atoms with Gasteiger partial charge in [-0.15, -0.1) is 0 Å². The maximum absolute atomic E-state index is 14.0. The van der Waals surface area contributed by atoms with E-state index in [1.54, 1.807) is 4.90 Å². The Morgan fingerprint density at radius 3 is 2.61 bits per heavy atom. The Morgan fingerprint density at radius 1 is 1.19 bits per heavy atom. The maximum Gasteiger partial charge on any atom is 0.258 e. The molecule has 0 aliphatic carbocycles. The Labute approximate surface area is 184 Å². The molecule has 7 nitrogen and oxygen atoms in total. The van der Waals surface area contributed by atoms with E-state index in [4.69, 9.17) is 22.1 Å². The molecule has 1 aromatic carbocycles. The summed E-state index contributed by atoms with van der Waals surface area (Å²) >= 11 is 5.86. The van der Waals surface area contributed by atoms with Crippen LogP contribution in [0.15, 0.2) is 36.3 Å². The molecule has 2 fully saturated rings. The largest absolute Gasteiger partial charge is 0.489 e. The van der Waals surface area contributed by atoms with Crippen molar-refractivity contribution >= 4 is 23.1 Å². The average Bonchev–Trinajstić information content (AvgIpc) is 3.30. The zero-order chi connectivity index (χ0) is 21.5. The van der Waals surface area contributed by atoms with Crippen LogP contribution in [0.2, 0.25) is 5.02 Å². The summed E-state index contributed by atoms with van der Waals surface area (Å²) < 4.78 is 20.2. The molecule has 3 aliphatic heterocycles. The predicted octanol–water partition coefficient (Wildman–Crippen LogP) is 2.76. The second-order valence-electron chi connectivity index (χ2n) is 8.38. The topological polar surface area (TPSA) is 93.4 Å². The molecule has 2 aromatic rings. The number of ether oxygens (including phenoxy) is 1. The number of aromatic nitrogens is 2. The van der Waals surface area contributed by atoms with Crippen LogP contribution in [0.3, 0.4) is 0 Å². The van der Waals surface area contributed by atoms with Gasteiger partial charge in [-0.25, -0.2) is 14.4 Å². The summed E-state index contributed by atoms with van der Waals surface area (Å²) in [4.78, 5) is 23.3. The Balaban J connectivity index is 1.34. The first kappa shape index (κ1) is 20.2. The summed E-state index contributed by atoms with van der Waals surface area (Å²) in [7, 11) is 0. The molecule has 0 spiro atoms. The molecule has 9 heteroatoms. The lowest BCUT2D eigenvalue weighted by molar-refractivity contribution is 0.0785. The van der Waals surface area contributed by atoms with Gasteiger partial charge in [-0.05, 0) is 37.8 Å². The fraction of sp³-hybridized carbons (Fsp3) is 0.409. The number of hydrogen-bond acceptors (Lipinski definition) is 6. The number of fused-ring (bicyclic) bond motifs is 2. The van der Waals surface area contributed by atoms with Gasteiger partial charge in [0.1, 0.15) is 17.7 Å². The van der Waals surface area contributed by atoms with Crippen LogP contribution in [0.4, 0.5) is 4.39 Å². The number of nitrogens with two attached hydrogens (primary N) is 1. The minimum Gasteiger partial charge on any atom is -0.489 e. The molecule has 3 N–H and O–H groups in total. The molecule has 2 bridgehead atoms. The molecule has 4 heterocycles. The summed E-state index contributed by atoms with van der Waals surface area (Å²) in [5.74, 6) is 0.0283. The van der Waals surface area contributed by atoms with Gasteiger partial charge < -0.3 is 20.7 Å². The normalized spacial score (nSPS) is 25.2. The van der Waals surface area contributed by atoms with Crippen LogP contribution in [0.1, 0.15) is 41.9 Å². The number of benzene rings is 1. The van der Waals surface area contributed by atoms with Crippen molar-refractivity contribution in [3.05, 3.63) is 58.5 Å². The number of nitrogens with one attached hydrogen (secondary N) is 1. The van der Waals surface area contributed by atoms with Crippen molar-refractivity contribution in [2.75, 3.05) is 13.1 Å². The lowest BCUT2D eigenvalue weighted by Gasteiger charge is -2.30. The van der Waals surface area contributed by atoms with E-state index in [0.29, 0.717) is 39.8 Å². The number of amides is 1. The number of rotatable bonds is 4. The summed E-state index contributed by atoms with van der Waals surface area (Å²) in [6, 6.07) is 4.92. The zero-order valence-corrected chi connectivity index (χ0v) is 17.6. The molecule has 162 valence electrons. The van der Waals surface area contributed by atoms with Crippen LogP contribution < -0.4 is 15.8 Å². The molecule has 1 aromatic heterocycles. The van der Waals surface area contributed by atoms with Crippen LogP contribution in [0.5, 0.6) is 5.75 Å². The number of hydrogen-bond donors (Lipinski definition) is 2. The van der Waals surface area contributed by atoms with Crippen molar-refractivity contribution in [2.24, 2.45) is 5.73 Å². The Hall–Kier alpha value is -2.71. The summed E-state index contributed by atoms with van der Waals surface area (Å²) in [6.45, 7) is 0.509. The quantitative estimate of drug-likeness (QED) is 0.754. The summed E-state index contributed by atoms with van der Waals surface area (Å²) in [5, 5.41) is 3.98. The molecule has 3 atom stereocenters. The molecule has 31 heavy (non-hydrogen) atoms. The van der Waals surface area contributed by atoms with Crippen LogP contribution in [-0.4, -0.2) is 52.1 Å². The Morgan fingerprint density at radius 2 is 1.90 bits per heavy atom. The van der Waals surface area contributed by atoms with Gasteiger partial charge in [-0.2, -0.15) is 0 Å². The fourth-order valence-corrected chi connectivity index (χ4v) is 4.79. The van der Waals surface area contributed by atoms with Gasteiger partial charge in [0.15, 0.2) is 5.82 Å². The van der Waals surface area contributed by atoms with E-state index in [9.17, 15) is 9.18 Å². The second kappa shape index (κ2) is 8.09. The number of carbonyl (C=O) groups excluding carboxylic acids is 1. The van der Waals surface area contributed by atoms with E-state index in [1.165, 1.54) is 30.6 Å². The van der Waals surface area contributed by atoms with Crippen LogP contribution >= 0.6 is 11.6 Å². The van der Waals surface area contributed by atoms with E-state index >= 15 is 0 Å². The van der Waals surface area contributed by atoms with E-state index in [0.717, 1.165) is 25.7 Å². The van der Waals surface area contributed by atoms with Gasteiger partial charge in [0, 0.05) is 41.8 Å². The fourth-order valence-electron chi connectivity index (χ4n) is 4.70. The predicted molar refractivity (Wildman–Crippen MR) is 114 cm³/mol. The van der Waals surface area contributed by atoms with Crippen LogP contribution in [0, 0.1) is 5.82 Å². The Kier molecular flexibility index (Phi) is 5.27. The highest BCUT2D eigenvalue weighted by Crippen LogP contribution is 2.32. The van der Waals surface area contributed by atoms with E-state index < -0.39 is 5.82 Å². The third kappa shape index (κ3) is 4.09. The van der Waals surface area contributed by atoms with Gasteiger partial charge in [-0.1, -0.05) is 11.6 Å². The molecule has 2 saturated heterocycles. The highest BCUT2D eigenvalue weighted by Gasteiger charge is 2.35. The van der Waals surface area contributed by atoms with E-state index in [2.05, 4.69) is 15.3 Å². The van der Waals surface area contributed by atoms with E-state index in [-0.39, 0.29) is 30.9 Å². The van der Waals surface area contributed by atoms with E-state index in [1.807, 2.05) is 0 Å². The minimum atomic E-state index is -0.433. The zero-order valence-electron chi connectivity index (χ0n) is 16.9. The third-order valence-electron chi connectivity index (χ3n) is 6.17. The van der Waals surface area contributed by atoms with Crippen molar-refractivity contribution in [1.29, 1.82) is 0 Å². The second-order valence-corrected chi connectivity index (χ2v) is 8.82. The Bertz CT molecular complexity index is 1030. The molecular weight excluding hydrogens is 421 g/mol. The molecule has 0 saturated carbocycles. The standard InChI is InChI=1S/C22H23ClFN5O2/c23-12-8-26-21(27-9-12)18-10-29(11-19(18)25)22(30)17-4-1-13(24)5-20(17)31-16-6-14-2-3-15(7-16)28-14/h1,4-5,8-9,14-16,28H,2-3,6-7,10-11,25H2/t14-,15+,16?. The highest BCUT2D eigenvalue weighted by molar-refractivity contribution is 6.30. The van der Waals surface area contributed by atoms with Crippen LogP contribution in [-0.2, 0) is 0 Å². The number of nitrogens with zero attached hydrogens (tertiary/aromatic N) is 3. The minimum absolute atomic E-state index is 0.0353. The first-order valence-corrected chi connectivity index (χ1v) is 10.8. The van der Waals surface area contributed by atoms with Crippen molar-refractivity contribution < 1.29 is 13.9 Å². The van der Waals surface area contributed by atoms with Gasteiger partial charge >= 0.3 is 0 Å². The number of carbonyl (C=O) groups is 1. The smallest absolute Gasteiger partial charge is 0.258 e. The maximum atomic E-state index is 14.0. The average molecular weight is 444 g/mol. The summed E-state index contributed by atoms with van der Waals surface area (Å²) in [6.07, 6.45) is 6.93. The van der Waals surface area contributed by atoms with Crippen molar-refractivity contribution in [1.82, 2.24) is 20.2 Å².